The molecule has 1 aromatic carbocycles. The number of benzene rings is 1. The van der Waals surface area contributed by atoms with E-state index in [-0.39, 0.29) is 0 Å². The predicted molar refractivity (Wildman–Crippen MR) is 61.9 cm³/mol. The third-order valence-corrected chi connectivity index (χ3v) is 2.25. The minimum atomic E-state index is -4.60. The van der Waals surface area contributed by atoms with Gasteiger partial charge in [0.2, 0.25) is 11.8 Å². The number of carbonyl (C=O) groups is 2. The molecule has 0 aromatic heterocycles. The third-order valence-electron chi connectivity index (χ3n) is 2.25. The van der Waals surface area contributed by atoms with E-state index in [2.05, 4.69) is 0 Å². The Hall–Kier alpha value is -2.09. The second kappa shape index (κ2) is 5.70. The lowest BCUT2D eigenvalue weighted by Crippen LogP contribution is -2.39. The maximum Gasteiger partial charge on any atom is 0.418 e. The summed E-state index contributed by atoms with van der Waals surface area (Å²) in [5.41, 5.74) is 8.77. The maximum absolute atomic E-state index is 12.7. The summed E-state index contributed by atoms with van der Waals surface area (Å²) in [5, 5.41) is 2.03. The molecule has 5 nitrogen and oxygen atoms in total. The fourth-order valence-corrected chi connectivity index (χ4v) is 1.37. The standard InChI is InChI=1S/C11H12F3N3O2/c12-11(13,14)6-3-1-2-4-8(6)17-10(19)7(15)5-9(16)18/h1-4,7H,5,15H2,(H2,16,18)(H,17,19). The highest BCUT2D eigenvalue weighted by Crippen LogP contribution is 2.34. The molecule has 1 atom stereocenters. The van der Waals surface area contributed by atoms with Crippen molar-refractivity contribution < 1.29 is 22.8 Å². The number of nitrogens with one attached hydrogen (secondary N) is 1. The quantitative estimate of drug-likeness (QED) is 0.759. The first-order valence-corrected chi connectivity index (χ1v) is 5.23. The third kappa shape index (κ3) is 4.25. The lowest BCUT2D eigenvalue weighted by atomic mass is 10.1. The highest BCUT2D eigenvalue weighted by Gasteiger charge is 2.33. The Labute approximate surface area is 106 Å². The lowest BCUT2D eigenvalue weighted by molar-refractivity contribution is -0.137. The van der Waals surface area contributed by atoms with Crippen LogP contribution >= 0.6 is 0 Å². The van der Waals surface area contributed by atoms with Crippen LogP contribution in [0.4, 0.5) is 18.9 Å². The second-order valence-corrected chi connectivity index (χ2v) is 3.81. The molecule has 0 fully saturated rings. The van der Waals surface area contributed by atoms with Gasteiger partial charge < -0.3 is 16.8 Å². The van der Waals surface area contributed by atoms with Crippen molar-refractivity contribution in [2.24, 2.45) is 11.5 Å². The van der Waals surface area contributed by atoms with Gasteiger partial charge >= 0.3 is 6.18 Å². The van der Waals surface area contributed by atoms with Crippen LogP contribution in [-0.4, -0.2) is 17.9 Å². The van der Waals surface area contributed by atoms with E-state index in [0.717, 1.165) is 12.1 Å². The Morgan fingerprint density at radius 3 is 2.37 bits per heavy atom. The molecule has 1 unspecified atom stereocenters. The van der Waals surface area contributed by atoms with Crippen LogP contribution in [0.3, 0.4) is 0 Å². The Kier molecular flexibility index (Phi) is 4.49. The predicted octanol–water partition coefficient (Wildman–Crippen LogP) is 0.847. The summed E-state index contributed by atoms with van der Waals surface area (Å²) in [6.07, 6.45) is -5.04. The number of alkyl halides is 3. The van der Waals surface area contributed by atoms with E-state index in [1.54, 1.807) is 0 Å². The highest BCUT2D eigenvalue weighted by atomic mass is 19.4. The molecular weight excluding hydrogens is 263 g/mol. The largest absolute Gasteiger partial charge is 0.418 e. The van der Waals surface area contributed by atoms with E-state index in [9.17, 15) is 22.8 Å². The molecule has 0 aliphatic carbocycles. The van der Waals surface area contributed by atoms with Gasteiger partial charge in [-0.25, -0.2) is 0 Å². The molecule has 0 saturated carbocycles. The Balaban J connectivity index is 2.88. The van der Waals surface area contributed by atoms with Gasteiger partial charge in [0.1, 0.15) is 0 Å². The van der Waals surface area contributed by atoms with Crippen LogP contribution in [0.25, 0.3) is 0 Å². The molecule has 1 rings (SSSR count). The topological polar surface area (TPSA) is 98.2 Å². The summed E-state index contributed by atoms with van der Waals surface area (Å²) in [4.78, 5) is 22.1. The van der Waals surface area contributed by atoms with E-state index in [0.29, 0.717) is 0 Å². The molecule has 8 heteroatoms. The number of amides is 2. The molecule has 1 aromatic rings. The van der Waals surface area contributed by atoms with Crippen molar-refractivity contribution in [2.45, 2.75) is 18.6 Å². The maximum atomic E-state index is 12.7. The summed E-state index contributed by atoms with van der Waals surface area (Å²) in [7, 11) is 0. The average Bonchev–Trinajstić information content (AvgIpc) is 2.27. The Bertz CT molecular complexity index is 488. The number of halogens is 3. The fraction of sp³-hybridized carbons (Fsp3) is 0.273. The van der Waals surface area contributed by atoms with Gasteiger partial charge in [-0.3, -0.25) is 9.59 Å². The molecule has 0 aliphatic rings. The zero-order valence-electron chi connectivity index (χ0n) is 9.70. The smallest absolute Gasteiger partial charge is 0.370 e. The SMILES string of the molecule is NC(=O)CC(N)C(=O)Nc1ccccc1C(F)(F)F. The van der Waals surface area contributed by atoms with Crippen molar-refractivity contribution in [3.63, 3.8) is 0 Å². The van der Waals surface area contributed by atoms with Gasteiger partial charge in [0.05, 0.1) is 23.7 Å². The number of para-hydroxylation sites is 1. The van der Waals surface area contributed by atoms with Crippen LogP contribution in [0.1, 0.15) is 12.0 Å². The van der Waals surface area contributed by atoms with Crippen molar-refractivity contribution in [3.05, 3.63) is 29.8 Å². The first-order valence-electron chi connectivity index (χ1n) is 5.23. The van der Waals surface area contributed by atoms with Crippen LogP contribution in [0, 0.1) is 0 Å². The fourth-order valence-electron chi connectivity index (χ4n) is 1.37. The summed E-state index contributed by atoms with van der Waals surface area (Å²) in [5.74, 6) is -1.72. The monoisotopic (exact) mass is 275 g/mol. The van der Waals surface area contributed by atoms with Crippen molar-refractivity contribution >= 4 is 17.5 Å². The minimum absolute atomic E-state index is 0.417. The van der Waals surface area contributed by atoms with Crippen molar-refractivity contribution in [1.29, 1.82) is 0 Å². The molecule has 0 saturated heterocycles. The molecule has 104 valence electrons. The first kappa shape index (κ1) is 15.0. The van der Waals surface area contributed by atoms with Crippen LogP contribution in [0.5, 0.6) is 0 Å². The lowest BCUT2D eigenvalue weighted by Gasteiger charge is -2.15. The van der Waals surface area contributed by atoms with Gasteiger partial charge in [0.15, 0.2) is 0 Å². The van der Waals surface area contributed by atoms with Crippen LogP contribution in [0.2, 0.25) is 0 Å². The molecule has 0 spiro atoms. The first-order chi connectivity index (χ1) is 8.71. The van der Waals surface area contributed by atoms with Crippen LogP contribution in [-0.2, 0) is 15.8 Å². The second-order valence-electron chi connectivity index (χ2n) is 3.81. The van der Waals surface area contributed by atoms with Gasteiger partial charge in [0.25, 0.3) is 0 Å². The number of primary amides is 1. The number of carbonyl (C=O) groups excluding carboxylic acids is 2. The molecular formula is C11H12F3N3O2. The summed E-state index contributed by atoms with van der Waals surface area (Å²) < 4.78 is 38.0. The molecule has 0 radical (unpaired) electrons. The van der Waals surface area contributed by atoms with E-state index < -0.39 is 41.7 Å². The highest BCUT2D eigenvalue weighted by molar-refractivity contribution is 5.97. The molecule has 0 heterocycles. The normalized spacial score (nSPS) is 12.8. The molecule has 5 N–H and O–H groups in total. The molecule has 0 aliphatic heterocycles. The van der Waals surface area contributed by atoms with Crippen LogP contribution < -0.4 is 16.8 Å². The van der Waals surface area contributed by atoms with Gasteiger partial charge in [0, 0.05) is 0 Å². The zero-order valence-corrected chi connectivity index (χ0v) is 9.70. The van der Waals surface area contributed by atoms with E-state index >= 15 is 0 Å². The summed E-state index contributed by atoms with van der Waals surface area (Å²) >= 11 is 0. The van der Waals surface area contributed by atoms with Gasteiger partial charge in [-0.15, -0.1) is 0 Å². The van der Waals surface area contributed by atoms with Gasteiger partial charge in [-0.2, -0.15) is 13.2 Å². The number of hydrogen-bond donors (Lipinski definition) is 3. The molecule has 2 amide bonds. The van der Waals surface area contributed by atoms with Crippen molar-refractivity contribution in [3.8, 4) is 0 Å². The number of rotatable bonds is 4. The zero-order chi connectivity index (χ0) is 14.6. The van der Waals surface area contributed by atoms with Crippen LogP contribution in [0.15, 0.2) is 24.3 Å². The van der Waals surface area contributed by atoms with E-state index in [1.165, 1.54) is 12.1 Å². The number of anilines is 1. The number of nitrogens with two attached hydrogens (primary N) is 2. The molecule has 19 heavy (non-hydrogen) atoms. The molecule has 0 bridgehead atoms. The van der Waals surface area contributed by atoms with Crippen molar-refractivity contribution in [2.75, 3.05) is 5.32 Å². The van der Waals surface area contributed by atoms with E-state index in [1.807, 2.05) is 5.32 Å². The summed E-state index contributed by atoms with van der Waals surface area (Å²) in [6, 6.07) is 3.16. The average molecular weight is 275 g/mol. The number of hydrogen-bond acceptors (Lipinski definition) is 3. The van der Waals surface area contributed by atoms with Gasteiger partial charge in [-0.05, 0) is 12.1 Å². The Morgan fingerprint density at radius 2 is 1.84 bits per heavy atom. The van der Waals surface area contributed by atoms with Gasteiger partial charge in [-0.1, -0.05) is 12.1 Å². The van der Waals surface area contributed by atoms with E-state index in [4.69, 9.17) is 11.5 Å². The Morgan fingerprint density at radius 1 is 1.26 bits per heavy atom. The summed E-state index contributed by atoms with van der Waals surface area (Å²) in [6.45, 7) is 0. The minimum Gasteiger partial charge on any atom is -0.370 e. The van der Waals surface area contributed by atoms with Crippen molar-refractivity contribution in [1.82, 2.24) is 0 Å².